The second-order valence-corrected chi connectivity index (χ2v) is 3.01. The van der Waals surface area contributed by atoms with Crippen LogP contribution in [-0.2, 0) is 0 Å². The van der Waals surface area contributed by atoms with Crippen LogP contribution in [0.25, 0.3) is 6.08 Å². The van der Waals surface area contributed by atoms with E-state index < -0.39 is 0 Å². The quantitative estimate of drug-likeness (QED) is 0.478. The molecule has 0 heterocycles. The molecule has 0 aliphatic rings. The number of hydrogen-bond acceptors (Lipinski definition) is 2. The van der Waals surface area contributed by atoms with E-state index in [4.69, 9.17) is 11.5 Å². The van der Waals surface area contributed by atoms with E-state index in [-0.39, 0.29) is 18.4 Å². The van der Waals surface area contributed by atoms with Crippen molar-refractivity contribution < 1.29 is 0 Å². The Bertz CT molecular complexity index is 392. The van der Waals surface area contributed by atoms with Crippen molar-refractivity contribution in [1.82, 2.24) is 0 Å². The number of benzene rings is 1. The number of nitrogens with two attached hydrogens (primary N) is 2. The molecule has 1 aromatic rings. The predicted molar refractivity (Wildman–Crippen MR) is 71.6 cm³/mol. The zero-order chi connectivity index (χ0) is 11.1. The van der Waals surface area contributed by atoms with Gasteiger partial charge < -0.3 is 11.5 Å². The fraction of sp³-hybridized carbons (Fsp3) is 0.0909. The number of rotatable bonds is 3. The number of nitrogens with zero attached hydrogens (tertiary/aromatic N) is 2. The Morgan fingerprint density at radius 2 is 1.75 bits per heavy atom. The second kappa shape index (κ2) is 7.48. The van der Waals surface area contributed by atoms with Crippen LogP contribution in [0.4, 0.5) is 0 Å². The Balaban J connectivity index is 0.00000225. The topological polar surface area (TPSA) is 76.8 Å². The Morgan fingerprint density at radius 1 is 1.12 bits per heavy atom. The van der Waals surface area contributed by atoms with Gasteiger partial charge in [0.15, 0.2) is 0 Å². The van der Waals surface area contributed by atoms with Gasteiger partial charge >= 0.3 is 0 Å². The summed E-state index contributed by atoms with van der Waals surface area (Å²) in [4.78, 5) is 0. The van der Waals surface area contributed by atoms with Crippen LogP contribution in [0, 0.1) is 0 Å². The van der Waals surface area contributed by atoms with E-state index in [1.165, 1.54) is 0 Å². The molecule has 0 fully saturated rings. The first-order valence-corrected chi connectivity index (χ1v) is 4.55. The van der Waals surface area contributed by atoms with E-state index in [0.29, 0.717) is 0 Å². The Labute approximate surface area is 101 Å². The fourth-order valence-corrected chi connectivity index (χ4v) is 0.951. The minimum Gasteiger partial charge on any atom is -0.369 e. The average Bonchev–Trinajstić information content (AvgIpc) is 2.25. The highest BCUT2D eigenvalue weighted by Crippen LogP contribution is 2.01. The van der Waals surface area contributed by atoms with Gasteiger partial charge in [0.1, 0.15) is 0 Å². The van der Waals surface area contributed by atoms with Crippen LogP contribution in [0.5, 0.6) is 0 Å². The second-order valence-electron chi connectivity index (χ2n) is 3.01. The largest absolute Gasteiger partial charge is 0.369 e. The van der Waals surface area contributed by atoms with Crippen LogP contribution in [-0.4, -0.2) is 11.7 Å². The maximum absolute atomic E-state index is 5.14. The predicted octanol–water partition coefficient (Wildman–Crippen LogP) is 1.77. The lowest BCUT2D eigenvalue weighted by Gasteiger charge is -1.91. The number of hydrogen-bond donors (Lipinski definition) is 2. The molecular weight excluding hydrogens is 224 g/mol. The molecular formula is C11H15ClN4. The molecule has 16 heavy (non-hydrogen) atoms. The van der Waals surface area contributed by atoms with Gasteiger partial charge in [-0.3, -0.25) is 0 Å². The molecule has 0 aliphatic heterocycles. The van der Waals surface area contributed by atoms with Gasteiger partial charge in [0, 0.05) is 0 Å². The summed E-state index contributed by atoms with van der Waals surface area (Å²) in [5, 5.41) is 7.35. The molecule has 0 unspecified atom stereocenters. The summed E-state index contributed by atoms with van der Waals surface area (Å²) in [7, 11) is 0. The minimum absolute atomic E-state index is 0. The summed E-state index contributed by atoms with van der Waals surface area (Å²) >= 11 is 0. The molecule has 0 amide bonds. The van der Waals surface area contributed by atoms with Crippen molar-refractivity contribution in [3.63, 3.8) is 0 Å². The van der Waals surface area contributed by atoms with Gasteiger partial charge in [-0.1, -0.05) is 36.4 Å². The van der Waals surface area contributed by atoms with E-state index in [2.05, 4.69) is 10.2 Å². The van der Waals surface area contributed by atoms with Crippen molar-refractivity contribution in [3.8, 4) is 0 Å². The fourth-order valence-electron chi connectivity index (χ4n) is 0.951. The van der Waals surface area contributed by atoms with Crippen LogP contribution in [0.1, 0.15) is 12.5 Å². The van der Waals surface area contributed by atoms with E-state index >= 15 is 0 Å². The third-order valence-electron chi connectivity index (χ3n) is 1.64. The molecule has 4 N–H and O–H groups in total. The summed E-state index contributed by atoms with van der Waals surface area (Å²) in [6, 6.07) is 9.93. The van der Waals surface area contributed by atoms with Gasteiger partial charge in [0.2, 0.25) is 5.96 Å². The zero-order valence-electron chi connectivity index (χ0n) is 9.00. The summed E-state index contributed by atoms with van der Waals surface area (Å²) < 4.78 is 0. The molecule has 86 valence electrons. The van der Waals surface area contributed by atoms with Crippen molar-refractivity contribution >= 4 is 30.2 Å². The van der Waals surface area contributed by atoms with E-state index in [9.17, 15) is 0 Å². The number of allylic oxidation sites excluding steroid dienone is 1. The molecule has 0 atom stereocenters. The lowest BCUT2D eigenvalue weighted by atomic mass is 10.2. The van der Waals surface area contributed by atoms with Crippen molar-refractivity contribution in [1.29, 1.82) is 0 Å². The first-order valence-electron chi connectivity index (χ1n) is 4.55. The molecule has 4 nitrogen and oxygen atoms in total. The normalized spacial score (nSPS) is 10.9. The Kier molecular flexibility index (Phi) is 6.63. The Morgan fingerprint density at radius 3 is 2.31 bits per heavy atom. The van der Waals surface area contributed by atoms with E-state index in [0.717, 1.165) is 11.3 Å². The van der Waals surface area contributed by atoms with Crippen LogP contribution >= 0.6 is 12.4 Å². The van der Waals surface area contributed by atoms with Crippen molar-refractivity contribution in [2.75, 3.05) is 0 Å². The van der Waals surface area contributed by atoms with Gasteiger partial charge in [-0.05, 0) is 18.6 Å². The molecule has 0 aliphatic carbocycles. The minimum atomic E-state index is -0.0394. The molecule has 0 radical (unpaired) electrons. The highest BCUT2D eigenvalue weighted by molar-refractivity contribution is 5.96. The highest BCUT2D eigenvalue weighted by Gasteiger charge is 1.85. The number of guanidine groups is 1. The van der Waals surface area contributed by atoms with Crippen LogP contribution in [0.3, 0.4) is 0 Å². The van der Waals surface area contributed by atoms with Gasteiger partial charge in [0.05, 0.1) is 5.71 Å². The molecule has 0 aromatic heterocycles. The van der Waals surface area contributed by atoms with E-state index in [1.807, 2.05) is 49.4 Å². The monoisotopic (exact) mass is 238 g/mol. The SMILES string of the molecule is CC(C=Cc1ccccc1)=NN=C(N)N.Cl. The first-order chi connectivity index (χ1) is 7.18. The summed E-state index contributed by atoms with van der Waals surface area (Å²) in [6.45, 7) is 1.83. The number of halogens is 1. The lowest BCUT2D eigenvalue weighted by Crippen LogP contribution is -2.21. The van der Waals surface area contributed by atoms with Crippen LogP contribution in [0.15, 0.2) is 46.6 Å². The van der Waals surface area contributed by atoms with Gasteiger partial charge in [-0.15, -0.1) is 17.5 Å². The molecule has 5 heteroatoms. The highest BCUT2D eigenvalue weighted by atomic mass is 35.5. The average molecular weight is 239 g/mol. The molecule has 0 spiro atoms. The standard InChI is InChI=1S/C11H14N4.ClH/c1-9(14-15-11(12)13)7-8-10-5-3-2-4-6-10;/h2-8H,1H3,(H4,12,13,15);1H. The van der Waals surface area contributed by atoms with E-state index in [1.54, 1.807) is 0 Å². The third-order valence-corrected chi connectivity index (χ3v) is 1.64. The van der Waals surface area contributed by atoms with Crippen LogP contribution in [0.2, 0.25) is 0 Å². The molecule has 0 saturated heterocycles. The zero-order valence-corrected chi connectivity index (χ0v) is 9.82. The smallest absolute Gasteiger partial charge is 0.211 e. The first kappa shape index (κ1) is 14.2. The summed E-state index contributed by atoms with van der Waals surface area (Å²) in [5.41, 5.74) is 12.1. The van der Waals surface area contributed by atoms with Gasteiger partial charge in [0.25, 0.3) is 0 Å². The summed E-state index contributed by atoms with van der Waals surface area (Å²) in [5.74, 6) is -0.0394. The maximum Gasteiger partial charge on any atom is 0.211 e. The molecule has 1 rings (SSSR count). The molecule has 0 saturated carbocycles. The van der Waals surface area contributed by atoms with Gasteiger partial charge in [-0.25, -0.2) is 0 Å². The lowest BCUT2D eigenvalue weighted by molar-refractivity contribution is 1.20. The van der Waals surface area contributed by atoms with Crippen LogP contribution < -0.4 is 11.5 Å². The molecule has 1 aromatic carbocycles. The third kappa shape index (κ3) is 5.82. The van der Waals surface area contributed by atoms with Crippen molar-refractivity contribution in [2.24, 2.45) is 21.7 Å². The maximum atomic E-state index is 5.14. The van der Waals surface area contributed by atoms with Crippen molar-refractivity contribution in [3.05, 3.63) is 42.0 Å². The summed E-state index contributed by atoms with van der Waals surface area (Å²) in [6.07, 6.45) is 3.79. The van der Waals surface area contributed by atoms with Gasteiger partial charge in [-0.2, -0.15) is 5.10 Å². The van der Waals surface area contributed by atoms with Crippen molar-refractivity contribution in [2.45, 2.75) is 6.92 Å². The Hall–Kier alpha value is -1.81. The molecule has 0 bridgehead atoms.